The molecule has 0 saturated heterocycles. The molecule has 5 heteroatoms. The van der Waals surface area contributed by atoms with Crippen molar-refractivity contribution in [2.45, 2.75) is 56.7 Å². The first-order valence-electron chi connectivity index (χ1n) is 11.5. The predicted octanol–water partition coefficient (Wildman–Crippen LogP) is 5.85. The predicted molar refractivity (Wildman–Crippen MR) is 128 cm³/mol. The topological polar surface area (TPSA) is 49.4 Å². The van der Waals surface area contributed by atoms with Crippen LogP contribution in [-0.2, 0) is 4.79 Å². The first-order chi connectivity index (χ1) is 15.6. The highest BCUT2D eigenvalue weighted by Crippen LogP contribution is 2.47. The van der Waals surface area contributed by atoms with Crippen LogP contribution in [0.1, 0.15) is 77.0 Å². The van der Waals surface area contributed by atoms with Gasteiger partial charge in [0, 0.05) is 16.5 Å². The molecule has 0 unspecified atom stereocenters. The second-order valence-corrected chi connectivity index (χ2v) is 9.80. The van der Waals surface area contributed by atoms with Crippen LogP contribution in [0.15, 0.2) is 72.1 Å². The van der Waals surface area contributed by atoms with Crippen molar-refractivity contribution in [1.29, 1.82) is 0 Å². The Labute approximate surface area is 193 Å². The largest absolute Gasteiger partial charge is 0.349 e. The SMILES string of the molecule is C[C@H](NC(=O)[C@H]1c2ccccc2C(=O)N(C2CCCC2)[C@H]1c1cccs1)c1ccccc1. The summed E-state index contributed by atoms with van der Waals surface area (Å²) in [5.74, 6) is -0.400. The summed E-state index contributed by atoms with van der Waals surface area (Å²) in [5.41, 5.74) is 2.57. The second kappa shape index (κ2) is 8.91. The molecular formula is C27H28N2O2S. The summed E-state index contributed by atoms with van der Waals surface area (Å²) in [4.78, 5) is 30.7. The molecule has 4 nitrogen and oxygen atoms in total. The first-order valence-corrected chi connectivity index (χ1v) is 12.3. The molecule has 1 fully saturated rings. The Balaban J connectivity index is 1.58. The van der Waals surface area contributed by atoms with Gasteiger partial charge in [0.05, 0.1) is 18.0 Å². The van der Waals surface area contributed by atoms with Gasteiger partial charge in [0.2, 0.25) is 5.91 Å². The van der Waals surface area contributed by atoms with Crippen LogP contribution in [0, 0.1) is 0 Å². The molecular weight excluding hydrogens is 416 g/mol. The van der Waals surface area contributed by atoms with Crippen molar-refractivity contribution in [2.75, 3.05) is 0 Å². The van der Waals surface area contributed by atoms with E-state index in [0.717, 1.165) is 41.7 Å². The molecule has 5 rings (SSSR count). The van der Waals surface area contributed by atoms with Crippen molar-refractivity contribution >= 4 is 23.2 Å². The lowest BCUT2D eigenvalue weighted by Gasteiger charge is -2.44. The Hall–Kier alpha value is -2.92. The van der Waals surface area contributed by atoms with Crippen LogP contribution in [0.3, 0.4) is 0 Å². The van der Waals surface area contributed by atoms with Crippen molar-refractivity contribution in [2.24, 2.45) is 0 Å². The Bertz CT molecular complexity index is 1090. The minimum absolute atomic E-state index is 0.0253. The van der Waals surface area contributed by atoms with Crippen LogP contribution >= 0.6 is 11.3 Å². The zero-order valence-corrected chi connectivity index (χ0v) is 19.1. The molecule has 1 aliphatic carbocycles. The fourth-order valence-electron chi connectivity index (χ4n) is 5.31. The lowest BCUT2D eigenvalue weighted by molar-refractivity contribution is -0.125. The molecule has 0 spiro atoms. The maximum atomic E-state index is 13.9. The van der Waals surface area contributed by atoms with Crippen LogP contribution < -0.4 is 5.32 Å². The Morgan fingerprint density at radius 1 is 1.00 bits per heavy atom. The summed E-state index contributed by atoms with van der Waals surface area (Å²) in [5, 5.41) is 5.29. The minimum atomic E-state index is -0.436. The van der Waals surface area contributed by atoms with Gasteiger partial charge < -0.3 is 10.2 Å². The molecule has 2 amide bonds. The minimum Gasteiger partial charge on any atom is -0.349 e. The summed E-state index contributed by atoms with van der Waals surface area (Å²) >= 11 is 1.63. The van der Waals surface area contributed by atoms with Crippen LogP contribution in [0.5, 0.6) is 0 Å². The van der Waals surface area contributed by atoms with Gasteiger partial charge in [0.25, 0.3) is 5.91 Å². The maximum absolute atomic E-state index is 13.9. The van der Waals surface area contributed by atoms with E-state index >= 15 is 0 Å². The van der Waals surface area contributed by atoms with Gasteiger partial charge in [-0.1, -0.05) is 67.4 Å². The highest BCUT2D eigenvalue weighted by molar-refractivity contribution is 7.10. The van der Waals surface area contributed by atoms with E-state index in [0.29, 0.717) is 5.56 Å². The summed E-state index contributed by atoms with van der Waals surface area (Å²) in [6, 6.07) is 21.6. The smallest absolute Gasteiger partial charge is 0.254 e. The van der Waals surface area contributed by atoms with Gasteiger partial charge in [0.15, 0.2) is 0 Å². The number of rotatable bonds is 5. The summed E-state index contributed by atoms with van der Waals surface area (Å²) in [7, 11) is 0. The second-order valence-electron chi connectivity index (χ2n) is 8.82. The van der Waals surface area contributed by atoms with Gasteiger partial charge in [0.1, 0.15) is 0 Å². The molecule has 3 aromatic rings. The van der Waals surface area contributed by atoms with E-state index in [1.807, 2.05) is 77.9 Å². The molecule has 1 aliphatic heterocycles. The third kappa shape index (κ3) is 3.75. The summed E-state index contributed by atoms with van der Waals surface area (Å²) in [6.07, 6.45) is 4.28. The zero-order chi connectivity index (χ0) is 22.1. The molecule has 32 heavy (non-hydrogen) atoms. The summed E-state index contributed by atoms with van der Waals surface area (Å²) in [6.45, 7) is 2.02. The lowest BCUT2D eigenvalue weighted by Crippen LogP contribution is -2.50. The van der Waals surface area contributed by atoms with Gasteiger partial charge in [-0.2, -0.15) is 0 Å². The number of benzene rings is 2. The van der Waals surface area contributed by atoms with Crippen molar-refractivity contribution in [3.8, 4) is 0 Å². The maximum Gasteiger partial charge on any atom is 0.254 e. The van der Waals surface area contributed by atoms with Crippen molar-refractivity contribution in [1.82, 2.24) is 10.2 Å². The molecule has 2 aromatic carbocycles. The number of fused-ring (bicyclic) bond motifs is 1. The molecule has 2 heterocycles. The molecule has 0 radical (unpaired) electrons. The van der Waals surface area contributed by atoms with Crippen LogP contribution in [-0.4, -0.2) is 22.8 Å². The van der Waals surface area contributed by atoms with Crippen LogP contribution in [0.25, 0.3) is 0 Å². The van der Waals surface area contributed by atoms with Crippen LogP contribution in [0.2, 0.25) is 0 Å². The third-order valence-electron chi connectivity index (χ3n) is 6.87. The molecule has 1 N–H and O–H groups in total. The molecule has 164 valence electrons. The fraction of sp³-hybridized carbons (Fsp3) is 0.333. The number of hydrogen-bond donors (Lipinski definition) is 1. The van der Waals surface area contributed by atoms with Crippen LogP contribution in [0.4, 0.5) is 0 Å². The van der Waals surface area contributed by atoms with Gasteiger partial charge in [-0.15, -0.1) is 11.3 Å². The number of thiophene rings is 1. The van der Waals surface area contributed by atoms with E-state index < -0.39 is 5.92 Å². The van der Waals surface area contributed by atoms with E-state index in [1.165, 1.54) is 0 Å². The van der Waals surface area contributed by atoms with Crippen molar-refractivity contribution < 1.29 is 9.59 Å². The standard InChI is InChI=1S/C27H28N2O2S/c1-18(19-10-3-2-4-11-19)28-26(30)24-21-14-7-8-15-22(21)27(31)29(20-12-5-6-13-20)25(24)23-16-9-17-32-23/h2-4,7-11,14-18,20,24-25H,5-6,12-13H2,1H3,(H,28,30)/t18-,24-,25-/m0/s1. The Kier molecular flexibility index (Phi) is 5.83. The molecule has 1 aromatic heterocycles. The van der Waals surface area contributed by atoms with Gasteiger partial charge in [-0.3, -0.25) is 9.59 Å². The molecule has 1 saturated carbocycles. The third-order valence-corrected chi connectivity index (χ3v) is 7.81. The quantitative estimate of drug-likeness (QED) is 0.537. The molecule has 2 aliphatic rings. The zero-order valence-electron chi connectivity index (χ0n) is 18.2. The van der Waals surface area contributed by atoms with E-state index in [4.69, 9.17) is 0 Å². The van der Waals surface area contributed by atoms with E-state index in [1.54, 1.807) is 11.3 Å². The average Bonchev–Trinajstić information content (AvgIpc) is 3.54. The Morgan fingerprint density at radius 3 is 2.44 bits per heavy atom. The molecule has 0 bridgehead atoms. The molecule has 3 atom stereocenters. The van der Waals surface area contributed by atoms with E-state index in [2.05, 4.69) is 11.4 Å². The number of carbonyl (C=O) groups is 2. The van der Waals surface area contributed by atoms with Crippen molar-refractivity contribution in [3.05, 3.63) is 93.7 Å². The number of nitrogens with one attached hydrogen (secondary N) is 1. The van der Waals surface area contributed by atoms with Crippen molar-refractivity contribution in [3.63, 3.8) is 0 Å². The highest BCUT2D eigenvalue weighted by Gasteiger charge is 2.47. The Morgan fingerprint density at radius 2 is 1.72 bits per heavy atom. The lowest BCUT2D eigenvalue weighted by atomic mass is 9.80. The number of hydrogen-bond acceptors (Lipinski definition) is 3. The first kappa shape index (κ1) is 21.0. The van der Waals surface area contributed by atoms with Gasteiger partial charge >= 0.3 is 0 Å². The average molecular weight is 445 g/mol. The number of carbonyl (C=O) groups excluding carboxylic acids is 2. The highest BCUT2D eigenvalue weighted by atomic mass is 32.1. The van der Waals surface area contributed by atoms with E-state index in [-0.39, 0.29) is 29.9 Å². The monoisotopic (exact) mass is 444 g/mol. The van der Waals surface area contributed by atoms with Gasteiger partial charge in [-0.25, -0.2) is 0 Å². The van der Waals surface area contributed by atoms with E-state index in [9.17, 15) is 9.59 Å². The fourth-order valence-corrected chi connectivity index (χ4v) is 6.17. The normalized spacial score (nSPS) is 21.9. The summed E-state index contributed by atoms with van der Waals surface area (Å²) < 4.78 is 0. The van der Waals surface area contributed by atoms with Gasteiger partial charge in [-0.05, 0) is 48.4 Å². The number of amides is 2. The number of nitrogens with zero attached hydrogens (tertiary/aromatic N) is 1.